The Bertz CT molecular complexity index is 1060. The summed E-state index contributed by atoms with van der Waals surface area (Å²) in [6.45, 7) is 4.20. The third-order valence-electron chi connectivity index (χ3n) is 6.64. The van der Waals surface area contributed by atoms with E-state index in [2.05, 4.69) is 50.6 Å². The van der Waals surface area contributed by atoms with Gasteiger partial charge in [-0.25, -0.2) is 9.37 Å². The first-order valence-corrected chi connectivity index (χ1v) is 12.1. The van der Waals surface area contributed by atoms with E-state index in [0.717, 1.165) is 42.9 Å². The molecule has 1 saturated heterocycles. The Labute approximate surface area is 191 Å². The van der Waals surface area contributed by atoms with Gasteiger partial charge >= 0.3 is 0 Å². The Morgan fingerprint density at radius 2 is 2.03 bits per heavy atom. The molecule has 5 rings (SSSR count). The summed E-state index contributed by atoms with van der Waals surface area (Å²) in [5.74, 6) is 1.64. The van der Waals surface area contributed by atoms with Gasteiger partial charge in [0.1, 0.15) is 0 Å². The van der Waals surface area contributed by atoms with E-state index in [1.54, 1.807) is 0 Å². The molecule has 3 aliphatic rings. The van der Waals surface area contributed by atoms with Crippen LogP contribution >= 0.6 is 11.8 Å². The van der Waals surface area contributed by atoms with Crippen LogP contribution in [-0.2, 0) is 4.79 Å². The van der Waals surface area contributed by atoms with E-state index in [-0.39, 0.29) is 35.5 Å². The van der Waals surface area contributed by atoms with Crippen LogP contribution in [0, 0.1) is 30.5 Å². The molecule has 1 aliphatic heterocycles. The Morgan fingerprint density at radius 3 is 2.78 bits per heavy atom. The van der Waals surface area contributed by atoms with Crippen LogP contribution in [0.2, 0.25) is 0 Å². The maximum Gasteiger partial charge on any atom is 0.229 e. The number of nitrogens with one attached hydrogen (secondary N) is 2. The highest BCUT2D eigenvalue weighted by molar-refractivity contribution is 7.99. The highest BCUT2D eigenvalue weighted by Gasteiger charge is 2.47. The normalized spacial score (nSPS) is 26.4. The molecule has 7 nitrogen and oxygen atoms in total. The Balaban J connectivity index is 1.32. The second-order valence-corrected chi connectivity index (χ2v) is 9.89. The maximum absolute atomic E-state index is 14.5. The SMILES string of the molecule is Cc1cc(Nc2ncc(F)c(NC3C4C=CC(C4)C3C(N)=O)n2)ccc1N1CCSCC1. The molecule has 2 fully saturated rings. The molecule has 1 saturated carbocycles. The van der Waals surface area contributed by atoms with Crippen molar-refractivity contribution in [2.24, 2.45) is 23.5 Å². The van der Waals surface area contributed by atoms with Crippen LogP contribution in [0.1, 0.15) is 12.0 Å². The van der Waals surface area contributed by atoms with E-state index >= 15 is 0 Å². The molecule has 4 unspecified atom stereocenters. The number of hydrogen-bond acceptors (Lipinski definition) is 7. The molecule has 32 heavy (non-hydrogen) atoms. The number of halogens is 1. The van der Waals surface area contributed by atoms with Crippen LogP contribution in [0.3, 0.4) is 0 Å². The number of thioether (sulfide) groups is 1. The zero-order valence-corrected chi connectivity index (χ0v) is 18.7. The van der Waals surface area contributed by atoms with E-state index in [9.17, 15) is 9.18 Å². The number of carbonyl (C=O) groups is 1. The lowest BCUT2D eigenvalue weighted by Crippen LogP contribution is -2.41. The average Bonchev–Trinajstić information content (AvgIpc) is 3.38. The lowest BCUT2D eigenvalue weighted by Gasteiger charge is -2.30. The minimum atomic E-state index is -0.556. The molecule has 9 heteroatoms. The van der Waals surface area contributed by atoms with Crippen LogP contribution in [-0.4, -0.2) is 46.5 Å². The minimum absolute atomic E-state index is 0.0823. The van der Waals surface area contributed by atoms with Gasteiger partial charge in [0.25, 0.3) is 0 Å². The predicted molar refractivity (Wildman–Crippen MR) is 127 cm³/mol. The van der Waals surface area contributed by atoms with Crippen LogP contribution in [0.25, 0.3) is 0 Å². The molecule has 4 N–H and O–H groups in total. The van der Waals surface area contributed by atoms with E-state index in [4.69, 9.17) is 5.73 Å². The zero-order valence-electron chi connectivity index (χ0n) is 17.9. The van der Waals surface area contributed by atoms with Gasteiger partial charge in [-0.2, -0.15) is 16.7 Å². The fourth-order valence-electron chi connectivity index (χ4n) is 5.11. The number of aromatic nitrogens is 2. The topological polar surface area (TPSA) is 96.2 Å². The van der Waals surface area contributed by atoms with Gasteiger partial charge < -0.3 is 21.3 Å². The van der Waals surface area contributed by atoms with Crippen LogP contribution in [0.5, 0.6) is 0 Å². The highest BCUT2D eigenvalue weighted by Crippen LogP contribution is 2.45. The summed E-state index contributed by atoms with van der Waals surface area (Å²) in [5, 5.41) is 6.31. The summed E-state index contributed by atoms with van der Waals surface area (Å²) in [6, 6.07) is 5.90. The smallest absolute Gasteiger partial charge is 0.229 e. The molecule has 0 radical (unpaired) electrons. The van der Waals surface area contributed by atoms with Crippen LogP contribution in [0.4, 0.5) is 27.5 Å². The average molecular weight is 455 g/mol. The monoisotopic (exact) mass is 454 g/mol. The molecule has 2 heterocycles. The Kier molecular flexibility index (Phi) is 5.67. The molecule has 1 aromatic carbocycles. The summed E-state index contributed by atoms with van der Waals surface area (Å²) < 4.78 is 14.5. The Morgan fingerprint density at radius 1 is 1.25 bits per heavy atom. The predicted octanol–water partition coefficient (Wildman–Crippen LogP) is 3.31. The van der Waals surface area contributed by atoms with Gasteiger partial charge in [0.2, 0.25) is 11.9 Å². The maximum atomic E-state index is 14.5. The first-order valence-electron chi connectivity index (χ1n) is 11.0. The third kappa shape index (κ3) is 4.01. The molecule has 1 amide bonds. The number of hydrogen-bond donors (Lipinski definition) is 3. The quantitative estimate of drug-likeness (QED) is 0.576. The molecular formula is C23H27FN6OS. The Hall–Kier alpha value is -2.81. The second-order valence-electron chi connectivity index (χ2n) is 8.66. The lowest BCUT2D eigenvalue weighted by molar-refractivity contribution is -0.122. The van der Waals surface area contributed by atoms with E-state index < -0.39 is 5.82 Å². The molecule has 1 aromatic heterocycles. The van der Waals surface area contributed by atoms with Crippen molar-refractivity contribution in [3.05, 3.63) is 47.9 Å². The fourth-order valence-corrected chi connectivity index (χ4v) is 6.02. The van der Waals surface area contributed by atoms with Crippen molar-refractivity contribution in [2.45, 2.75) is 19.4 Å². The van der Waals surface area contributed by atoms with Crippen molar-refractivity contribution in [3.8, 4) is 0 Å². The molecule has 4 atom stereocenters. The highest BCUT2D eigenvalue weighted by atomic mass is 32.2. The third-order valence-corrected chi connectivity index (χ3v) is 7.58. The number of nitrogens with zero attached hydrogens (tertiary/aromatic N) is 3. The van der Waals surface area contributed by atoms with Gasteiger partial charge in [0, 0.05) is 42.0 Å². The number of primary amides is 1. The number of carbonyl (C=O) groups excluding carboxylic acids is 1. The molecule has 168 valence electrons. The summed E-state index contributed by atoms with van der Waals surface area (Å²) in [5.41, 5.74) is 8.87. The summed E-state index contributed by atoms with van der Waals surface area (Å²) in [7, 11) is 0. The minimum Gasteiger partial charge on any atom is -0.370 e. The second kappa shape index (κ2) is 8.61. The summed E-state index contributed by atoms with van der Waals surface area (Å²) in [6.07, 6.45) is 6.11. The largest absolute Gasteiger partial charge is 0.370 e. The van der Waals surface area contributed by atoms with Crippen molar-refractivity contribution < 1.29 is 9.18 Å². The van der Waals surface area contributed by atoms with Gasteiger partial charge in [-0.05, 0) is 48.9 Å². The number of amides is 1. The fraction of sp³-hybridized carbons (Fsp3) is 0.435. The summed E-state index contributed by atoms with van der Waals surface area (Å²) in [4.78, 5) is 22.8. The van der Waals surface area contributed by atoms with Gasteiger partial charge in [-0.15, -0.1) is 0 Å². The molecule has 2 aromatic rings. The number of benzene rings is 1. The number of rotatable bonds is 6. The zero-order chi connectivity index (χ0) is 22.2. The van der Waals surface area contributed by atoms with E-state index in [1.165, 1.54) is 11.3 Å². The van der Waals surface area contributed by atoms with Gasteiger partial charge in [-0.1, -0.05) is 12.2 Å². The number of anilines is 4. The first kappa shape index (κ1) is 21.1. The lowest BCUT2D eigenvalue weighted by atomic mass is 9.88. The summed E-state index contributed by atoms with van der Waals surface area (Å²) >= 11 is 1.99. The van der Waals surface area contributed by atoms with E-state index in [0.29, 0.717) is 5.95 Å². The number of nitrogens with two attached hydrogens (primary N) is 1. The van der Waals surface area contributed by atoms with Gasteiger partial charge in [0.15, 0.2) is 11.6 Å². The number of fused-ring (bicyclic) bond motifs is 2. The van der Waals surface area contributed by atoms with E-state index in [1.807, 2.05) is 23.9 Å². The molecule has 0 spiro atoms. The van der Waals surface area contributed by atoms with Crippen molar-refractivity contribution in [3.63, 3.8) is 0 Å². The number of allylic oxidation sites excluding steroid dienone is 1. The van der Waals surface area contributed by atoms with Gasteiger partial charge in [-0.3, -0.25) is 4.79 Å². The molecule has 2 bridgehead atoms. The standard InChI is InChI=1S/C23H27FN6OS/c1-13-10-16(4-5-18(13)30-6-8-32-9-7-30)27-23-26-12-17(24)22(29-23)28-20-15-3-2-14(11-15)19(20)21(25)31/h2-5,10,12,14-15,19-20H,6-9,11H2,1H3,(H2,25,31)(H2,26,27,28,29). The van der Waals surface area contributed by atoms with Crippen molar-refractivity contribution in [1.29, 1.82) is 0 Å². The number of aryl methyl sites for hydroxylation is 1. The van der Waals surface area contributed by atoms with Crippen molar-refractivity contribution >= 4 is 40.8 Å². The van der Waals surface area contributed by atoms with Crippen molar-refractivity contribution in [2.75, 3.05) is 40.1 Å². The molecule has 2 aliphatic carbocycles. The van der Waals surface area contributed by atoms with Gasteiger partial charge in [0.05, 0.1) is 12.1 Å². The molecular weight excluding hydrogens is 427 g/mol. The first-order chi connectivity index (χ1) is 15.5. The van der Waals surface area contributed by atoms with Crippen LogP contribution in [0.15, 0.2) is 36.5 Å². The van der Waals surface area contributed by atoms with Crippen molar-refractivity contribution in [1.82, 2.24) is 9.97 Å². The van der Waals surface area contributed by atoms with Crippen LogP contribution < -0.4 is 21.3 Å².